The van der Waals surface area contributed by atoms with Crippen molar-refractivity contribution in [3.8, 4) is 0 Å². The first-order valence-electron chi connectivity index (χ1n) is 4.85. The van der Waals surface area contributed by atoms with Crippen molar-refractivity contribution in [1.29, 1.82) is 0 Å². The molecule has 1 aliphatic carbocycles. The summed E-state index contributed by atoms with van der Waals surface area (Å²) in [4.78, 5) is 0. The quantitative estimate of drug-likeness (QED) is 0.784. The van der Waals surface area contributed by atoms with E-state index in [1.54, 1.807) is 0 Å². The number of thioether (sulfide) groups is 1. The summed E-state index contributed by atoms with van der Waals surface area (Å²) >= 11 is 1.98. The molecule has 0 aromatic carbocycles. The number of rotatable bonds is 5. The third-order valence-electron chi connectivity index (χ3n) is 2.80. The van der Waals surface area contributed by atoms with E-state index in [2.05, 4.69) is 21.9 Å². The lowest BCUT2D eigenvalue weighted by Crippen LogP contribution is -2.26. The third-order valence-corrected chi connectivity index (χ3v) is 4.22. The molecule has 0 spiro atoms. The van der Waals surface area contributed by atoms with Gasteiger partial charge in [0, 0.05) is 24.9 Å². The molecule has 1 heterocycles. The van der Waals surface area contributed by atoms with Crippen molar-refractivity contribution in [3.63, 3.8) is 0 Å². The molecule has 0 aliphatic heterocycles. The Bertz CT molecular complexity index is 306. The fourth-order valence-electron chi connectivity index (χ4n) is 1.48. The van der Waals surface area contributed by atoms with Crippen LogP contribution in [0.15, 0.2) is 6.20 Å². The Morgan fingerprint density at radius 1 is 1.64 bits per heavy atom. The molecule has 0 amide bonds. The summed E-state index contributed by atoms with van der Waals surface area (Å²) in [5.74, 6) is 0. The summed E-state index contributed by atoms with van der Waals surface area (Å²) in [6.07, 6.45) is 6.71. The van der Waals surface area contributed by atoms with Gasteiger partial charge in [-0.3, -0.25) is 4.68 Å². The lowest BCUT2D eigenvalue weighted by atomic mass is 10.4. The van der Waals surface area contributed by atoms with Crippen molar-refractivity contribution in [1.82, 2.24) is 20.3 Å². The average Bonchev–Trinajstić information content (AvgIpc) is 2.86. The fraction of sp³-hybridized carbons (Fsp3) is 0.778. The average molecular weight is 212 g/mol. The third kappa shape index (κ3) is 2.09. The van der Waals surface area contributed by atoms with Crippen LogP contribution in [0.3, 0.4) is 0 Å². The molecule has 78 valence electrons. The smallest absolute Gasteiger partial charge is 0.0738 e. The van der Waals surface area contributed by atoms with Gasteiger partial charge in [0.15, 0.2) is 0 Å². The maximum absolute atomic E-state index is 3.89. The molecule has 0 bridgehead atoms. The summed E-state index contributed by atoms with van der Waals surface area (Å²) in [6, 6.07) is 0. The van der Waals surface area contributed by atoms with Gasteiger partial charge in [0.2, 0.25) is 0 Å². The van der Waals surface area contributed by atoms with Gasteiger partial charge >= 0.3 is 0 Å². The SMILES string of the molecule is CSC1(CNCc2cnnn2C)CC1. The van der Waals surface area contributed by atoms with Crippen LogP contribution in [0, 0.1) is 0 Å². The second kappa shape index (κ2) is 3.90. The zero-order valence-electron chi connectivity index (χ0n) is 8.66. The topological polar surface area (TPSA) is 42.7 Å². The lowest BCUT2D eigenvalue weighted by molar-refractivity contribution is 0.606. The molecule has 0 saturated heterocycles. The molecule has 14 heavy (non-hydrogen) atoms. The van der Waals surface area contributed by atoms with E-state index < -0.39 is 0 Å². The minimum atomic E-state index is 0.534. The first-order chi connectivity index (χ1) is 6.76. The van der Waals surface area contributed by atoms with Crippen molar-refractivity contribution >= 4 is 11.8 Å². The van der Waals surface area contributed by atoms with E-state index in [9.17, 15) is 0 Å². The molecule has 4 nitrogen and oxygen atoms in total. The van der Waals surface area contributed by atoms with Crippen molar-refractivity contribution in [2.24, 2.45) is 7.05 Å². The Hall–Kier alpha value is -0.550. The summed E-state index contributed by atoms with van der Waals surface area (Å²) in [5.41, 5.74) is 1.14. The first kappa shape index (κ1) is 9.98. The van der Waals surface area contributed by atoms with Gasteiger partial charge in [-0.15, -0.1) is 5.10 Å². The molecular weight excluding hydrogens is 196 g/mol. The van der Waals surface area contributed by atoms with Crippen molar-refractivity contribution in [2.75, 3.05) is 12.8 Å². The van der Waals surface area contributed by atoms with Crippen LogP contribution >= 0.6 is 11.8 Å². The molecule has 1 fully saturated rings. The molecule has 5 heteroatoms. The Balaban J connectivity index is 1.76. The van der Waals surface area contributed by atoms with E-state index in [0.29, 0.717) is 4.75 Å². The molecule has 1 aliphatic rings. The molecular formula is C9H16N4S. The van der Waals surface area contributed by atoms with E-state index in [-0.39, 0.29) is 0 Å². The van der Waals surface area contributed by atoms with Crippen molar-refractivity contribution < 1.29 is 0 Å². The number of hydrogen-bond acceptors (Lipinski definition) is 4. The van der Waals surface area contributed by atoms with Crippen molar-refractivity contribution in [2.45, 2.75) is 24.1 Å². The van der Waals surface area contributed by atoms with Gasteiger partial charge in [0.25, 0.3) is 0 Å². The van der Waals surface area contributed by atoms with Crippen LogP contribution in [0.2, 0.25) is 0 Å². The molecule has 1 N–H and O–H groups in total. The van der Waals surface area contributed by atoms with E-state index in [4.69, 9.17) is 0 Å². The second-order valence-electron chi connectivity index (χ2n) is 3.84. The van der Waals surface area contributed by atoms with Crippen LogP contribution in [0.5, 0.6) is 0 Å². The van der Waals surface area contributed by atoms with Crippen molar-refractivity contribution in [3.05, 3.63) is 11.9 Å². The predicted molar refractivity (Wildman–Crippen MR) is 58.2 cm³/mol. The maximum atomic E-state index is 3.89. The number of aryl methyl sites for hydroxylation is 1. The van der Waals surface area contributed by atoms with Crippen LogP contribution < -0.4 is 5.32 Å². The number of nitrogens with one attached hydrogen (secondary N) is 1. The highest BCUT2D eigenvalue weighted by molar-refractivity contribution is 8.00. The van der Waals surface area contributed by atoms with E-state index in [0.717, 1.165) is 18.8 Å². The van der Waals surface area contributed by atoms with Crippen LogP contribution in [0.1, 0.15) is 18.5 Å². The molecule has 0 unspecified atom stereocenters. The molecule has 1 aromatic heterocycles. The Morgan fingerprint density at radius 3 is 2.93 bits per heavy atom. The lowest BCUT2D eigenvalue weighted by Gasteiger charge is -2.12. The standard InChI is InChI=1S/C9H16N4S/c1-13-8(6-11-12-13)5-10-7-9(14-2)3-4-9/h6,10H,3-5,7H2,1-2H3. The van der Waals surface area contributed by atoms with E-state index in [1.807, 2.05) is 29.7 Å². The monoisotopic (exact) mass is 212 g/mol. The molecule has 0 atom stereocenters. The van der Waals surface area contributed by atoms with E-state index >= 15 is 0 Å². The highest BCUT2D eigenvalue weighted by Gasteiger charge is 2.41. The first-order valence-corrected chi connectivity index (χ1v) is 6.08. The van der Waals surface area contributed by atoms with Gasteiger partial charge in [-0.2, -0.15) is 11.8 Å². The fourth-order valence-corrected chi connectivity index (χ4v) is 2.24. The Labute approximate surface area is 88.4 Å². The number of hydrogen-bond donors (Lipinski definition) is 1. The Kier molecular flexibility index (Phi) is 2.78. The number of nitrogens with zero attached hydrogens (tertiary/aromatic N) is 3. The summed E-state index contributed by atoms with van der Waals surface area (Å²) in [7, 11) is 1.92. The normalized spacial score (nSPS) is 18.4. The van der Waals surface area contributed by atoms with Crippen LogP contribution in [-0.2, 0) is 13.6 Å². The molecule has 0 radical (unpaired) electrons. The second-order valence-corrected chi connectivity index (χ2v) is 5.11. The van der Waals surface area contributed by atoms with E-state index in [1.165, 1.54) is 12.8 Å². The summed E-state index contributed by atoms with van der Waals surface area (Å²) in [6.45, 7) is 1.96. The molecule has 2 rings (SSSR count). The highest BCUT2D eigenvalue weighted by atomic mass is 32.2. The minimum Gasteiger partial charge on any atom is -0.310 e. The maximum Gasteiger partial charge on any atom is 0.0738 e. The number of aromatic nitrogens is 3. The highest BCUT2D eigenvalue weighted by Crippen LogP contribution is 2.46. The molecule has 1 saturated carbocycles. The molecule has 1 aromatic rings. The van der Waals surface area contributed by atoms with Crippen LogP contribution in [0.25, 0.3) is 0 Å². The minimum absolute atomic E-state index is 0.534. The predicted octanol–water partition coefficient (Wildman–Crippen LogP) is 0.800. The van der Waals surface area contributed by atoms with Gasteiger partial charge in [0.05, 0.1) is 11.9 Å². The van der Waals surface area contributed by atoms with Gasteiger partial charge in [0.1, 0.15) is 0 Å². The van der Waals surface area contributed by atoms with Crippen LogP contribution in [-0.4, -0.2) is 32.5 Å². The van der Waals surface area contributed by atoms with Gasteiger partial charge < -0.3 is 5.32 Å². The van der Waals surface area contributed by atoms with Crippen LogP contribution in [0.4, 0.5) is 0 Å². The van der Waals surface area contributed by atoms with Gasteiger partial charge in [-0.25, -0.2) is 0 Å². The van der Waals surface area contributed by atoms with Gasteiger partial charge in [-0.05, 0) is 19.1 Å². The zero-order valence-corrected chi connectivity index (χ0v) is 9.47. The largest absolute Gasteiger partial charge is 0.310 e. The Morgan fingerprint density at radius 2 is 2.43 bits per heavy atom. The van der Waals surface area contributed by atoms with Gasteiger partial charge in [-0.1, -0.05) is 5.21 Å². The zero-order chi connectivity index (χ0) is 10.0. The summed E-state index contributed by atoms with van der Waals surface area (Å²) < 4.78 is 2.34. The summed E-state index contributed by atoms with van der Waals surface area (Å²) in [5, 5.41) is 11.2.